The molecule has 3 aromatic carbocycles. The molecule has 3 aromatic rings. The van der Waals surface area contributed by atoms with Gasteiger partial charge in [0.1, 0.15) is 0 Å². The van der Waals surface area contributed by atoms with Crippen LogP contribution in [-0.2, 0) is 13.5 Å². The van der Waals surface area contributed by atoms with E-state index in [9.17, 15) is 65.9 Å². The Hall–Kier alpha value is -2.50. The largest absolute Gasteiger partial charge is 0.813 e. The van der Waals surface area contributed by atoms with E-state index in [0.717, 1.165) is 0 Å². The van der Waals surface area contributed by atoms with Gasteiger partial charge in [-0.25, -0.2) is 0 Å². The average Bonchev–Trinajstić information content (AvgIpc) is 2.81. The summed E-state index contributed by atoms with van der Waals surface area (Å²) in [6, 6.07) is 0. The van der Waals surface area contributed by atoms with Crippen LogP contribution in [0.4, 0.5) is 65.9 Å². The van der Waals surface area contributed by atoms with E-state index in [1.807, 2.05) is 0 Å². The smallest absolute Gasteiger partial charge is 0.813 e. The van der Waals surface area contributed by atoms with Gasteiger partial charge in [-0.1, -0.05) is 0 Å². The van der Waals surface area contributed by atoms with Gasteiger partial charge in [-0.3, -0.25) is 0 Å². The van der Waals surface area contributed by atoms with E-state index < -0.39 is 115 Å². The van der Waals surface area contributed by atoms with Gasteiger partial charge >= 0.3 is 181 Å². The van der Waals surface area contributed by atoms with Gasteiger partial charge in [0.2, 0.25) is 0 Å². The Balaban J connectivity index is 0.00000432. The van der Waals surface area contributed by atoms with Crippen LogP contribution in [0.1, 0.15) is 0 Å². The normalized spacial score (nSPS) is 11.3. The fraction of sp³-hybridized carbons (Fsp3) is 0. The van der Waals surface area contributed by atoms with Crippen molar-refractivity contribution < 1.29 is 65.9 Å². The summed E-state index contributed by atoms with van der Waals surface area (Å²) in [5, 5.41) is 0. The van der Waals surface area contributed by atoms with Crippen molar-refractivity contribution in [2.75, 3.05) is 0 Å². The summed E-state index contributed by atoms with van der Waals surface area (Å²) in [5.74, 6) is -44.5. The van der Waals surface area contributed by atoms with E-state index >= 15 is 0 Å². The molecule has 0 fully saturated rings. The van der Waals surface area contributed by atoms with Crippen LogP contribution in [0.15, 0.2) is 0 Å². The standard InChI is InChI=1S/C18F15Ge.H2S/c19-1-4(22)10(28)16(11(29)5(1)23)34(17-12(30)6(24)2(20)7(25)13(17)31)18-14(32)8(26)3(21)9(27)15(18)33;/h;1H2/p-1. The molecule has 1 radical (unpaired) electrons. The molecule has 0 bridgehead atoms. The van der Waals surface area contributed by atoms with Crippen LogP contribution in [0.3, 0.4) is 0 Å². The van der Waals surface area contributed by atoms with Crippen LogP contribution in [0.5, 0.6) is 0 Å². The molecule has 0 amide bonds. The summed E-state index contributed by atoms with van der Waals surface area (Å²) in [5.41, 5.74) is 0. The van der Waals surface area contributed by atoms with Gasteiger partial charge in [-0.2, -0.15) is 0 Å². The molecule has 0 atom stereocenters. The van der Waals surface area contributed by atoms with Gasteiger partial charge < -0.3 is 13.5 Å². The molecule has 189 valence electrons. The second-order valence-corrected chi connectivity index (χ2v) is 10.9. The summed E-state index contributed by atoms with van der Waals surface area (Å²) >= 11 is -6.37. The topological polar surface area (TPSA) is 0 Å². The molecule has 0 aliphatic heterocycles. The maximum Gasteiger partial charge on any atom is -0.813 e. The van der Waals surface area contributed by atoms with Crippen LogP contribution in [0, 0.1) is 87.3 Å². The first-order valence-electron chi connectivity index (χ1n) is 8.08. The molecule has 0 saturated carbocycles. The zero-order valence-corrected chi connectivity index (χ0v) is 18.6. The van der Waals surface area contributed by atoms with Gasteiger partial charge in [-0.15, -0.1) is 0 Å². The number of benzene rings is 3. The molecule has 0 nitrogen and oxygen atoms in total. The van der Waals surface area contributed by atoms with Crippen molar-refractivity contribution in [3.8, 4) is 0 Å². The second-order valence-electron chi connectivity index (χ2n) is 6.21. The summed E-state index contributed by atoms with van der Waals surface area (Å²) in [6.45, 7) is 0. The summed E-state index contributed by atoms with van der Waals surface area (Å²) in [6.07, 6.45) is 0. The zero-order chi connectivity index (χ0) is 26.0. The predicted molar refractivity (Wildman–Crippen MR) is 92.1 cm³/mol. The van der Waals surface area contributed by atoms with Crippen molar-refractivity contribution >= 4 is 41.0 Å². The van der Waals surface area contributed by atoms with Crippen molar-refractivity contribution in [1.82, 2.24) is 0 Å². The number of hydrogen-bond acceptors (Lipinski definition) is 1. The van der Waals surface area contributed by atoms with Crippen LogP contribution in [0.25, 0.3) is 0 Å². The molecule has 0 aromatic heterocycles. The summed E-state index contributed by atoms with van der Waals surface area (Å²) < 4.78 is 201. The quantitative estimate of drug-likeness (QED) is 0.108. The fourth-order valence-electron chi connectivity index (χ4n) is 2.85. The number of hydrogen-bond donors (Lipinski definition) is 0. The molecule has 0 spiro atoms. The Bertz CT molecular complexity index is 1120. The molecular weight excluding hydrogens is 606 g/mol. The van der Waals surface area contributed by atoms with E-state index in [1.54, 1.807) is 0 Å². The molecule has 0 N–H and O–H groups in total. The third kappa shape index (κ3) is 4.13. The second kappa shape index (κ2) is 9.87. The Morgan fingerprint density at radius 2 is 0.343 bits per heavy atom. The average molecular weight is 607 g/mol. The predicted octanol–water partition coefficient (Wildman–Crippen LogP) is 4.02. The van der Waals surface area contributed by atoms with Gasteiger partial charge in [0.25, 0.3) is 0 Å². The molecule has 3 rings (SSSR count). The van der Waals surface area contributed by atoms with Crippen LogP contribution < -0.4 is 13.2 Å². The molecular formula is C18HF15GeS-. The van der Waals surface area contributed by atoms with E-state index in [4.69, 9.17) is 0 Å². The van der Waals surface area contributed by atoms with Crippen molar-refractivity contribution in [3.05, 3.63) is 87.3 Å². The first kappa shape index (κ1) is 28.7. The number of halogens is 15. The first-order chi connectivity index (χ1) is 15.7. The van der Waals surface area contributed by atoms with Gasteiger partial charge in [-0.05, 0) is 0 Å². The minimum absolute atomic E-state index is 0. The third-order valence-electron chi connectivity index (χ3n) is 4.38. The summed E-state index contributed by atoms with van der Waals surface area (Å²) in [7, 11) is 0. The van der Waals surface area contributed by atoms with Crippen molar-refractivity contribution in [3.63, 3.8) is 0 Å². The molecule has 0 aliphatic rings. The SMILES string of the molecule is Fc1c(F)c(F)[c]([Ge]([c]2c(F)c(F)c(F)c(F)c2F)[c]2c(F)c(F)c(F)c(F)c2F)c(F)c1F.[SH-]. The molecule has 0 saturated heterocycles. The monoisotopic (exact) mass is 608 g/mol. The van der Waals surface area contributed by atoms with Crippen LogP contribution >= 0.6 is 0 Å². The minimum Gasteiger partial charge on any atom is -0.813 e. The molecule has 0 unspecified atom stereocenters. The molecule has 0 aliphatic carbocycles. The Morgan fingerprint density at radius 3 is 0.486 bits per heavy atom. The van der Waals surface area contributed by atoms with Gasteiger partial charge in [0.05, 0.1) is 0 Å². The minimum atomic E-state index is -6.37. The van der Waals surface area contributed by atoms with Crippen molar-refractivity contribution in [2.45, 2.75) is 0 Å². The number of rotatable bonds is 3. The number of thiol groups is 1. The van der Waals surface area contributed by atoms with E-state index in [1.165, 1.54) is 0 Å². The van der Waals surface area contributed by atoms with Crippen LogP contribution in [-0.4, -0.2) is 14.3 Å². The fourth-order valence-corrected chi connectivity index (χ4v) is 8.57. The van der Waals surface area contributed by atoms with Crippen molar-refractivity contribution in [2.24, 2.45) is 0 Å². The van der Waals surface area contributed by atoms with Gasteiger partial charge in [0.15, 0.2) is 0 Å². The Labute approximate surface area is 194 Å². The zero-order valence-electron chi connectivity index (χ0n) is 15.6. The molecule has 35 heavy (non-hydrogen) atoms. The van der Waals surface area contributed by atoms with E-state index in [-0.39, 0.29) is 13.5 Å². The molecule has 0 heterocycles. The Morgan fingerprint density at radius 1 is 0.229 bits per heavy atom. The van der Waals surface area contributed by atoms with Gasteiger partial charge in [0, 0.05) is 0 Å². The van der Waals surface area contributed by atoms with Crippen molar-refractivity contribution in [1.29, 1.82) is 0 Å². The summed E-state index contributed by atoms with van der Waals surface area (Å²) in [4.78, 5) is 0. The van der Waals surface area contributed by atoms with E-state index in [2.05, 4.69) is 0 Å². The maximum atomic E-state index is 14.4. The first-order valence-corrected chi connectivity index (χ1v) is 11.2. The molecule has 17 heteroatoms. The van der Waals surface area contributed by atoms with E-state index in [0.29, 0.717) is 0 Å². The third-order valence-corrected chi connectivity index (χ3v) is 10.3. The Kier molecular flexibility index (Phi) is 8.10. The van der Waals surface area contributed by atoms with Crippen LogP contribution in [0.2, 0.25) is 0 Å². The maximum absolute atomic E-state index is 14.4.